The molecular formula is C51H78N10O15S. The van der Waals surface area contributed by atoms with E-state index in [9.17, 15) is 72.9 Å². The van der Waals surface area contributed by atoms with Crippen molar-refractivity contribution in [2.75, 3.05) is 31.6 Å². The molecule has 2 aliphatic heterocycles. The first kappa shape index (κ1) is 64.5. The number of carbonyl (C=O) groups is 12. The highest BCUT2D eigenvalue weighted by Gasteiger charge is 2.41. The Balaban J connectivity index is 1.78. The van der Waals surface area contributed by atoms with Crippen molar-refractivity contribution in [1.82, 2.24) is 47.0 Å². The number of carbonyl (C=O) groups excluding carboxylic acids is 9. The molecule has 2 heterocycles. The van der Waals surface area contributed by atoms with Crippen molar-refractivity contribution in [3.8, 4) is 0 Å². The van der Waals surface area contributed by atoms with Crippen LogP contribution in [-0.2, 0) is 64.0 Å². The number of carboxylic acid groups (broad SMARTS) is 3. The number of amides is 9. The second-order valence-corrected chi connectivity index (χ2v) is 20.9. The Kier molecular flexibility index (Phi) is 26.8. The maximum absolute atomic E-state index is 14.4. The van der Waals surface area contributed by atoms with Crippen LogP contribution in [0.3, 0.4) is 0 Å². The number of nitrogens with two attached hydrogens (primary N) is 1. The monoisotopic (exact) mass is 1100 g/mol. The predicted molar refractivity (Wildman–Crippen MR) is 281 cm³/mol. The fourth-order valence-corrected chi connectivity index (χ4v) is 9.31. The molecule has 0 spiro atoms. The van der Waals surface area contributed by atoms with E-state index in [4.69, 9.17) is 5.73 Å². The molecule has 12 N–H and O–H groups in total. The molecule has 0 aliphatic carbocycles. The van der Waals surface area contributed by atoms with E-state index in [-0.39, 0.29) is 56.4 Å². The van der Waals surface area contributed by atoms with E-state index in [0.717, 1.165) is 4.90 Å². The molecular weight excluding hydrogens is 1020 g/mol. The number of benzene rings is 1. The summed E-state index contributed by atoms with van der Waals surface area (Å²) in [5.41, 5.74) is 6.73. The zero-order valence-electron chi connectivity index (χ0n) is 44.7. The number of rotatable bonds is 32. The summed E-state index contributed by atoms with van der Waals surface area (Å²) in [7, 11) is 0. The highest BCUT2D eigenvalue weighted by Crippen LogP contribution is 2.23. The molecule has 1 aromatic rings. The summed E-state index contributed by atoms with van der Waals surface area (Å²) in [4.78, 5) is 161. The molecule has 3 rings (SSSR count). The summed E-state index contributed by atoms with van der Waals surface area (Å²) < 4.78 is 0. The lowest BCUT2D eigenvalue weighted by Crippen LogP contribution is -2.59. The number of carboxylic acids is 3. The van der Waals surface area contributed by atoms with Crippen LogP contribution in [0.25, 0.3) is 0 Å². The van der Waals surface area contributed by atoms with Gasteiger partial charge >= 0.3 is 17.9 Å². The van der Waals surface area contributed by atoms with E-state index in [2.05, 4.69) is 37.2 Å². The molecule has 0 bridgehead atoms. The maximum atomic E-state index is 14.4. The Morgan fingerprint density at radius 2 is 1.14 bits per heavy atom. The summed E-state index contributed by atoms with van der Waals surface area (Å²) in [5.74, 6) is -10.8. The zero-order chi connectivity index (χ0) is 57.5. The van der Waals surface area contributed by atoms with E-state index in [1.54, 1.807) is 50.4 Å². The smallest absolute Gasteiger partial charge is 0.326 e. The van der Waals surface area contributed by atoms with E-state index < -0.39 is 152 Å². The van der Waals surface area contributed by atoms with Crippen LogP contribution in [0.4, 0.5) is 0 Å². The topological polar surface area (TPSA) is 382 Å². The molecule has 26 heteroatoms. The van der Waals surface area contributed by atoms with Gasteiger partial charge in [0.25, 0.3) is 0 Å². The number of thioether (sulfide) groups is 1. The van der Waals surface area contributed by atoms with Crippen molar-refractivity contribution in [3.63, 3.8) is 0 Å². The van der Waals surface area contributed by atoms with E-state index in [1.807, 2.05) is 13.8 Å². The summed E-state index contributed by atoms with van der Waals surface area (Å²) in [6.45, 7) is 8.29. The minimum atomic E-state index is -1.57. The van der Waals surface area contributed by atoms with Gasteiger partial charge in [-0.2, -0.15) is 11.8 Å². The molecule has 2 aliphatic rings. The summed E-state index contributed by atoms with van der Waals surface area (Å²) >= 11 is 1.34. The Morgan fingerprint density at radius 1 is 0.636 bits per heavy atom. The first-order valence-corrected chi connectivity index (χ1v) is 27.4. The third-order valence-corrected chi connectivity index (χ3v) is 14.1. The Hall–Kier alpha value is -6.83. The van der Waals surface area contributed by atoms with Gasteiger partial charge in [-0.15, -0.1) is 0 Å². The van der Waals surface area contributed by atoms with Crippen LogP contribution in [0, 0.1) is 11.8 Å². The number of hydrogen-bond donors (Lipinski definition) is 11. The van der Waals surface area contributed by atoms with Gasteiger partial charge < -0.3 is 68.1 Å². The van der Waals surface area contributed by atoms with Gasteiger partial charge in [0.1, 0.15) is 48.3 Å². The minimum absolute atomic E-state index is 0.0438. The second-order valence-electron chi connectivity index (χ2n) is 19.9. The molecule has 0 radical (unpaired) electrons. The Morgan fingerprint density at radius 3 is 1.68 bits per heavy atom. The number of aliphatic carboxylic acids is 3. The van der Waals surface area contributed by atoms with Gasteiger partial charge in [-0.1, -0.05) is 64.4 Å². The van der Waals surface area contributed by atoms with Crippen LogP contribution in [0.2, 0.25) is 0 Å². The molecule has 0 saturated carbocycles. The highest BCUT2D eigenvalue weighted by atomic mass is 32.2. The van der Waals surface area contributed by atoms with Gasteiger partial charge in [0, 0.05) is 32.4 Å². The third-order valence-electron chi connectivity index (χ3n) is 13.4. The lowest BCUT2D eigenvalue weighted by Gasteiger charge is -2.31. The quantitative estimate of drug-likeness (QED) is 0.0423. The molecule has 9 amide bonds. The minimum Gasteiger partial charge on any atom is -0.481 e. The molecule has 10 atom stereocenters. The van der Waals surface area contributed by atoms with Crippen molar-refractivity contribution in [1.29, 1.82) is 0 Å². The SMILES string of the molecule is CC[C@H](C)[C@H](N)C(=O)N1CCC[C@H]1C(=O)N[C@@H](C)C(=O)NCC(=O)N[C@@H](Cc1ccccc1)C(=O)N[C@@H](CCC(=O)O)C(=O)N1CCC[C@H]1C(=O)N[C@@H](CCC(=O)O)C(=O)N[C@@H](CCSC)C(=O)N[C@@H](CC(C)C)C(=O)O. The van der Waals surface area contributed by atoms with E-state index in [0.29, 0.717) is 37.1 Å². The molecule has 2 saturated heterocycles. The number of likely N-dealkylation sites (tertiary alicyclic amines) is 2. The molecule has 25 nitrogen and oxygen atoms in total. The molecule has 2 fully saturated rings. The first-order chi connectivity index (χ1) is 36.4. The fraction of sp³-hybridized carbons (Fsp3) is 0.647. The Bertz CT molecular complexity index is 2260. The zero-order valence-corrected chi connectivity index (χ0v) is 45.5. The van der Waals surface area contributed by atoms with E-state index >= 15 is 0 Å². The summed E-state index contributed by atoms with van der Waals surface area (Å²) in [5, 5.41) is 46.5. The lowest BCUT2D eigenvalue weighted by atomic mass is 9.98. The average molecular weight is 1100 g/mol. The van der Waals surface area contributed by atoms with Crippen molar-refractivity contribution in [3.05, 3.63) is 35.9 Å². The molecule has 0 aromatic heterocycles. The normalized spacial score (nSPS) is 18.2. The standard InChI is InChI=1S/C51H78N10O15S/c1-7-29(4)42(52)50(74)61-23-12-15-37(61)47(71)54-30(5)43(67)53-27-39(62)55-35(26-31-13-9-8-10-14-31)46(70)58-34(18-20-41(65)66)49(73)60-22-11-16-38(60)48(72)57-32(17-19-40(63)64)44(68)56-33(21-24-77-6)45(69)59-36(51(75)76)25-28(2)3/h8-10,13-14,28-30,32-38,42H,7,11-12,15-27,52H2,1-6H3,(H,53,67)(H,54,71)(H,55,62)(H,56,68)(H,57,72)(H,58,70)(H,59,69)(H,63,64)(H,65,66)(H,75,76)/t29-,30-,32-,33-,34-,35-,36-,37-,38-,42-/m0/s1. The van der Waals surface area contributed by atoms with Gasteiger partial charge in [0.05, 0.1) is 12.6 Å². The van der Waals surface area contributed by atoms with Crippen LogP contribution >= 0.6 is 11.8 Å². The van der Waals surface area contributed by atoms with Gasteiger partial charge in [-0.05, 0) is 87.7 Å². The molecule has 77 heavy (non-hydrogen) atoms. The lowest BCUT2D eigenvalue weighted by molar-refractivity contribution is -0.143. The predicted octanol–water partition coefficient (Wildman–Crippen LogP) is -0.757. The van der Waals surface area contributed by atoms with Crippen molar-refractivity contribution >= 4 is 82.8 Å². The van der Waals surface area contributed by atoms with Crippen LogP contribution in [0.5, 0.6) is 0 Å². The van der Waals surface area contributed by atoms with Crippen LogP contribution in [0.15, 0.2) is 30.3 Å². The average Bonchev–Trinajstić information content (AvgIpc) is 4.09. The van der Waals surface area contributed by atoms with Crippen LogP contribution in [-0.4, -0.2) is 182 Å². The maximum Gasteiger partial charge on any atom is 0.326 e. The third kappa shape index (κ3) is 20.9. The number of nitrogens with one attached hydrogen (secondary N) is 7. The largest absolute Gasteiger partial charge is 0.481 e. The molecule has 1 aromatic carbocycles. The molecule has 428 valence electrons. The van der Waals surface area contributed by atoms with Gasteiger partial charge in [-0.3, -0.25) is 52.7 Å². The van der Waals surface area contributed by atoms with Crippen LogP contribution < -0.4 is 43.0 Å². The summed E-state index contributed by atoms with van der Waals surface area (Å²) in [6.07, 6.45) is 1.50. The summed E-state index contributed by atoms with van der Waals surface area (Å²) in [6, 6.07) is -2.75. The highest BCUT2D eigenvalue weighted by molar-refractivity contribution is 7.98. The molecule has 0 unspecified atom stereocenters. The second kappa shape index (κ2) is 32.0. The van der Waals surface area contributed by atoms with E-state index in [1.165, 1.54) is 23.6 Å². The van der Waals surface area contributed by atoms with Crippen molar-refractivity contribution < 1.29 is 72.9 Å². The van der Waals surface area contributed by atoms with Crippen LogP contribution in [0.1, 0.15) is 111 Å². The fourth-order valence-electron chi connectivity index (χ4n) is 8.84. The number of nitrogens with zero attached hydrogens (tertiary/aromatic N) is 2. The van der Waals surface area contributed by atoms with Gasteiger partial charge in [0.2, 0.25) is 53.2 Å². The van der Waals surface area contributed by atoms with Crippen molar-refractivity contribution in [2.45, 2.75) is 166 Å². The van der Waals surface area contributed by atoms with Gasteiger partial charge in [0.15, 0.2) is 0 Å². The number of hydrogen-bond acceptors (Lipinski definition) is 14. The first-order valence-electron chi connectivity index (χ1n) is 26.0. The van der Waals surface area contributed by atoms with Crippen molar-refractivity contribution in [2.24, 2.45) is 17.6 Å². The Labute approximate surface area is 452 Å². The van der Waals surface area contributed by atoms with Gasteiger partial charge in [-0.25, -0.2) is 4.79 Å².